The molecule has 0 saturated carbocycles. The molecule has 2 amide bonds. The molecule has 3 aromatic rings. The standard InChI is InChI=1S/C28H29ClF3N3O4S/c1-3-16-33-27(37)20(2)34(18-21-10-6-4-7-11-21)26(36)19-35(40(38,39)23-12-8-5-9-13-23)22-14-15-25(29)24(17-22)28(30,31)32/h4-15,17,20H,3,16,18-19H2,1-2H3,(H,33,37)/t20-/m1/s1. The summed E-state index contributed by atoms with van der Waals surface area (Å²) >= 11 is 5.77. The van der Waals surface area contributed by atoms with Crippen LogP contribution in [-0.2, 0) is 32.3 Å². The van der Waals surface area contributed by atoms with Crippen LogP contribution in [0.5, 0.6) is 0 Å². The van der Waals surface area contributed by atoms with Crippen molar-refractivity contribution in [3.8, 4) is 0 Å². The number of halogens is 4. The number of rotatable bonds is 11. The number of amides is 2. The van der Waals surface area contributed by atoms with Crippen LogP contribution in [0.15, 0.2) is 83.8 Å². The van der Waals surface area contributed by atoms with E-state index in [9.17, 15) is 31.2 Å². The summed E-state index contributed by atoms with van der Waals surface area (Å²) < 4.78 is 69.0. The molecule has 3 aromatic carbocycles. The summed E-state index contributed by atoms with van der Waals surface area (Å²) in [5, 5.41) is 2.10. The number of alkyl halides is 3. The Hall–Kier alpha value is -3.57. The topological polar surface area (TPSA) is 86.8 Å². The fourth-order valence-corrected chi connectivity index (χ4v) is 5.54. The molecule has 0 unspecified atom stereocenters. The van der Waals surface area contributed by atoms with Gasteiger partial charge in [0.05, 0.1) is 21.2 Å². The summed E-state index contributed by atoms with van der Waals surface area (Å²) in [5.74, 6) is -1.24. The lowest BCUT2D eigenvalue weighted by molar-refractivity contribution is -0.139. The van der Waals surface area contributed by atoms with Gasteiger partial charge in [0.2, 0.25) is 11.8 Å². The number of benzene rings is 3. The predicted molar refractivity (Wildman–Crippen MR) is 147 cm³/mol. The van der Waals surface area contributed by atoms with Crippen molar-refractivity contribution in [2.75, 3.05) is 17.4 Å². The molecular weight excluding hydrogens is 567 g/mol. The van der Waals surface area contributed by atoms with Crippen molar-refractivity contribution in [3.05, 3.63) is 95.0 Å². The van der Waals surface area contributed by atoms with Crippen molar-refractivity contribution >= 4 is 39.1 Å². The molecule has 0 saturated heterocycles. The highest BCUT2D eigenvalue weighted by molar-refractivity contribution is 7.92. The number of nitrogens with zero attached hydrogens (tertiary/aromatic N) is 2. The molecule has 0 radical (unpaired) electrons. The molecule has 0 heterocycles. The minimum Gasteiger partial charge on any atom is -0.354 e. The number of hydrogen-bond donors (Lipinski definition) is 1. The zero-order valence-corrected chi connectivity index (χ0v) is 23.4. The first-order chi connectivity index (χ1) is 18.9. The second-order valence-corrected chi connectivity index (χ2v) is 11.2. The van der Waals surface area contributed by atoms with E-state index in [2.05, 4.69) is 5.32 Å². The number of sulfonamides is 1. The largest absolute Gasteiger partial charge is 0.417 e. The van der Waals surface area contributed by atoms with Crippen LogP contribution in [0.3, 0.4) is 0 Å². The molecule has 214 valence electrons. The first kappa shape index (κ1) is 31.0. The fraction of sp³-hybridized carbons (Fsp3) is 0.286. The van der Waals surface area contributed by atoms with Crippen LogP contribution in [0.1, 0.15) is 31.4 Å². The van der Waals surface area contributed by atoms with Gasteiger partial charge in [-0.2, -0.15) is 13.2 Å². The zero-order valence-electron chi connectivity index (χ0n) is 21.9. The summed E-state index contributed by atoms with van der Waals surface area (Å²) in [6.45, 7) is 2.84. The highest BCUT2D eigenvalue weighted by atomic mass is 35.5. The Morgan fingerprint density at radius 1 is 0.975 bits per heavy atom. The molecule has 0 aliphatic heterocycles. The van der Waals surface area contributed by atoms with Crippen molar-refractivity contribution in [2.24, 2.45) is 0 Å². The van der Waals surface area contributed by atoms with E-state index in [1.54, 1.807) is 36.4 Å². The molecule has 0 aliphatic rings. The molecule has 0 bridgehead atoms. The number of carbonyl (C=O) groups excluding carboxylic acids is 2. The lowest BCUT2D eigenvalue weighted by atomic mass is 10.1. The lowest BCUT2D eigenvalue weighted by Gasteiger charge is -2.32. The summed E-state index contributed by atoms with van der Waals surface area (Å²) in [4.78, 5) is 27.6. The van der Waals surface area contributed by atoms with Crippen LogP contribution < -0.4 is 9.62 Å². The molecule has 7 nitrogen and oxygen atoms in total. The summed E-state index contributed by atoms with van der Waals surface area (Å²) in [7, 11) is -4.52. The minimum absolute atomic E-state index is 0.0337. The van der Waals surface area contributed by atoms with Gasteiger partial charge in [-0.3, -0.25) is 13.9 Å². The quantitative estimate of drug-likeness (QED) is 0.317. The van der Waals surface area contributed by atoms with Gasteiger partial charge in [-0.05, 0) is 49.2 Å². The Balaban J connectivity index is 2.09. The van der Waals surface area contributed by atoms with Crippen LogP contribution >= 0.6 is 11.6 Å². The maximum absolute atomic E-state index is 13.8. The lowest BCUT2D eigenvalue weighted by Crippen LogP contribution is -2.51. The van der Waals surface area contributed by atoms with Crippen molar-refractivity contribution in [2.45, 2.75) is 43.9 Å². The summed E-state index contributed by atoms with van der Waals surface area (Å²) in [6, 6.07) is 17.4. The molecule has 12 heteroatoms. The summed E-state index contributed by atoms with van der Waals surface area (Å²) in [6.07, 6.45) is -4.21. The van der Waals surface area contributed by atoms with Crippen molar-refractivity contribution in [1.82, 2.24) is 10.2 Å². The van der Waals surface area contributed by atoms with Gasteiger partial charge >= 0.3 is 6.18 Å². The average molecular weight is 596 g/mol. The van der Waals surface area contributed by atoms with E-state index in [0.717, 1.165) is 12.1 Å². The normalized spacial score (nSPS) is 12.4. The molecule has 0 aliphatic carbocycles. The molecule has 3 rings (SSSR count). The number of carbonyl (C=O) groups is 2. The van der Waals surface area contributed by atoms with E-state index in [1.165, 1.54) is 36.1 Å². The van der Waals surface area contributed by atoms with Crippen molar-refractivity contribution in [1.29, 1.82) is 0 Å². The summed E-state index contributed by atoms with van der Waals surface area (Å²) in [5.41, 5.74) is -0.980. The number of nitrogens with one attached hydrogen (secondary N) is 1. The Bertz CT molecular complexity index is 1420. The van der Waals surface area contributed by atoms with E-state index in [4.69, 9.17) is 11.6 Å². The van der Waals surface area contributed by atoms with E-state index in [1.807, 2.05) is 6.92 Å². The Kier molecular flexibility index (Phi) is 10.2. The number of anilines is 1. The number of hydrogen-bond acceptors (Lipinski definition) is 4. The first-order valence-corrected chi connectivity index (χ1v) is 14.2. The van der Waals surface area contributed by atoms with Crippen LogP contribution in [0.25, 0.3) is 0 Å². The monoisotopic (exact) mass is 595 g/mol. The third-order valence-corrected chi connectivity index (χ3v) is 8.18. The minimum atomic E-state index is -4.87. The van der Waals surface area contributed by atoms with Crippen molar-refractivity contribution in [3.63, 3.8) is 0 Å². The maximum atomic E-state index is 13.8. The van der Waals surface area contributed by atoms with E-state index in [0.29, 0.717) is 28.9 Å². The van der Waals surface area contributed by atoms with Gasteiger partial charge < -0.3 is 10.2 Å². The molecule has 0 aromatic heterocycles. The van der Waals surface area contributed by atoms with Crippen LogP contribution in [-0.4, -0.2) is 44.3 Å². The highest BCUT2D eigenvalue weighted by Crippen LogP contribution is 2.38. The molecular formula is C28H29ClF3N3O4S. The Morgan fingerprint density at radius 3 is 2.15 bits per heavy atom. The van der Waals surface area contributed by atoms with Gasteiger partial charge in [0.1, 0.15) is 12.6 Å². The van der Waals surface area contributed by atoms with Gasteiger partial charge in [-0.1, -0.05) is 67.1 Å². The average Bonchev–Trinajstić information content (AvgIpc) is 2.93. The molecule has 1 N–H and O–H groups in total. The molecule has 40 heavy (non-hydrogen) atoms. The van der Waals surface area contributed by atoms with Crippen LogP contribution in [0.2, 0.25) is 5.02 Å². The smallest absolute Gasteiger partial charge is 0.354 e. The van der Waals surface area contributed by atoms with Crippen molar-refractivity contribution < 1.29 is 31.2 Å². The highest BCUT2D eigenvalue weighted by Gasteiger charge is 2.36. The second kappa shape index (κ2) is 13.2. The van der Waals surface area contributed by atoms with Gasteiger partial charge in [0.15, 0.2) is 0 Å². The van der Waals surface area contributed by atoms with Gasteiger partial charge in [0.25, 0.3) is 10.0 Å². The van der Waals surface area contributed by atoms with E-state index < -0.39 is 56.9 Å². The maximum Gasteiger partial charge on any atom is 0.417 e. The Morgan fingerprint density at radius 2 is 1.57 bits per heavy atom. The SMILES string of the molecule is CCCNC(=O)[C@@H](C)N(Cc1ccccc1)C(=O)CN(c1ccc(Cl)c(C(F)(F)F)c1)S(=O)(=O)c1ccccc1. The molecule has 0 spiro atoms. The second-order valence-electron chi connectivity index (χ2n) is 8.96. The molecule has 0 fully saturated rings. The van der Waals surface area contributed by atoms with Crippen LogP contribution in [0.4, 0.5) is 18.9 Å². The fourth-order valence-electron chi connectivity index (χ4n) is 3.89. The predicted octanol–water partition coefficient (Wildman–Crippen LogP) is 5.50. The van der Waals surface area contributed by atoms with Crippen LogP contribution in [0, 0.1) is 0 Å². The molecule has 1 atom stereocenters. The third-order valence-electron chi connectivity index (χ3n) is 6.07. The first-order valence-electron chi connectivity index (χ1n) is 12.4. The zero-order chi connectivity index (χ0) is 29.5. The van der Waals surface area contributed by atoms with Gasteiger partial charge in [-0.15, -0.1) is 0 Å². The van der Waals surface area contributed by atoms with Gasteiger partial charge in [0, 0.05) is 13.1 Å². The Labute approximate surface area is 236 Å². The third kappa shape index (κ3) is 7.54. The van der Waals surface area contributed by atoms with E-state index in [-0.39, 0.29) is 11.4 Å². The van der Waals surface area contributed by atoms with E-state index >= 15 is 0 Å². The van der Waals surface area contributed by atoms with Gasteiger partial charge in [-0.25, -0.2) is 8.42 Å².